The van der Waals surface area contributed by atoms with Crippen molar-refractivity contribution in [3.8, 4) is 11.8 Å². The summed E-state index contributed by atoms with van der Waals surface area (Å²) in [5, 5.41) is 8.81. The fourth-order valence-electron chi connectivity index (χ4n) is 2.15. The van der Waals surface area contributed by atoms with Crippen LogP contribution in [0.4, 0.5) is 14.7 Å². The molecular formula is C14H7ClF2N4. The Morgan fingerprint density at radius 3 is 2.67 bits per heavy atom. The molecular weight excluding hydrogens is 298 g/mol. The first-order chi connectivity index (χ1) is 10.0. The van der Waals surface area contributed by atoms with Gasteiger partial charge in [-0.25, -0.2) is 13.8 Å². The molecule has 0 aliphatic carbocycles. The van der Waals surface area contributed by atoms with Crippen molar-refractivity contribution in [1.29, 1.82) is 5.26 Å². The second-order valence-corrected chi connectivity index (χ2v) is 4.75. The van der Waals surface area contributed by atoms with E-state index in [0.717, 1.165) is 6.07 Å². The van der Waals surface area contributed by atoms with Crippen LogP contribution in [0.3, 0.4) is 0 Å². The second-order valence-electron chi connectivity index (χ2n) is 4.34. The average Bonchev–Trinajstić information content (AvgIpc) is 2.73. The second kappa shape index (κ2) is 4.72. The first-order valence-electron chi connectivity index (χ1n) is 5.84. The Morgan fingerprint density at radius 2 is 2.00 bits per heavy atom. The van der Waals surface area contributed by atoms with Gasteiger partial charge < -0.3 is 5.73 Å². The quantitative estimate of drug-likeness (QED) is 0.749. The van der Waals surface area contributed by atoms with E-state index in [1.54, 1.807) is 12.1 Å². The Labute approximate surface area is 123 Å². The highest BCUT2D eigenvalue weighted by molar-refractivity contribution is 6.32. The molecule has 0 radical (unpaired) electrons. The predicted octanol–water partition coefficient (Wildman–Crippen LogP) is 3.41. The molecule has 104 valence electrons. The number of nitrogens with two attached hydrogens (primary N) is 1. The third-order valence-corrected chi connectivity index (χ3v) is 3.30. The van der Waals surface area contributed by atoms with Crippen molar-refractivity contribution >= 4 is 28.6 Å². The van der Waals surface area contributed by atoms with Gasteiger partial charge >= 0.3 is 0 Å². The minimum atomic E-state index is -0.867. The van der Waals surface area contributed by atoms with Gasteiger partial charge in [0.1, 0.15) is 11.5 Å². The fraction of sp³-hybridized carbons (Fsp3) is 0. The van der Waals surface area contributed by atoms with Gasteiger partial charge in [-0.15, -0.1) is 0 Å². The molecule has 0 fully saturated rings. The van der Waals surface area contributed by atoms with Gasteiger partial charge in [-0.2, -0.15) is 5.26 Å². The van der Waals surface area contributed by atoms with Crippen molar-refractivity contribution in [2.24, 2.45) is 0 Å². The molecule has 0 amide bonds. The molecule has 2 aromatic carbocycles. The number of nitriles is 1. The molecule has 1 heterocycles. The average molecular weight is 305 g/mol. The van der Waals surface area contributed by atoms with Crippen molar-refractivity contribution < 1.29 is 8.78 Å². The lowest BCUT2D eigenvalue weighted by Gasteiger charge is -2.10. The zero-order valence-electron chi connectivity index (χ0n) is 10.4. The molecule has 0 saturated heterocycles. The zero-order valence-corrected chi connectivity index (χ0v) is 11.2. The molecule has 21 heavy (non-hydrogen) atoms. The first-order valence-corrected chi connectivity index (χ1v) is 6.22. The van der Waals surface area contributed by atoms with E-state index in [9.17, 15) is 8.78 Å². The van der Waals surface area contributed by atoms with Crippen molar-refractivity contribution in [2.45, 2.75) is 0 Å². The minimum Gasteiger partial charge on any atom is -0.369 e. The van der Waals surface area contributed by atoms with Gasteiger partial charge in [0.2, 0.25) is 5.95 Å². The van der Waals surface area contributed by atoms with E-state index in [2.05, 4.69) is 4.98 Å². The Balaban J connectivity index is 2.40. The molecule has 0 atom stereocenters. The molecule has 0 spiro atoms. The van der Waals surface area contributed by atoms with E-state index in [1.807, 2.05) is 6.07 Å². The van der Waals surface area contributed by atoms with Gasteiger partial charge in [0.25, 0.3) is 0 Å². The normalized spacial score (nSPS) is 10.8. The van der Waals surface area contributed by atoms with Crippen LogP contribution in [0.5, 0.6) is 0 Å². The fourth-order valence-corrected chi connectivity index (χ4v) is 2.43. The summed E-state index contributed by atoms with van der Waals surface area (Å²) < 4.78 is 28.5. The largest absolute Gasteiger partial charge is 0.369 e. The lowest BCUT2D eigenvalue weighted by molar-refractivity contribution is 0.579. The van der Waals surface area contributed by atoms with Gasteiger partial charge in [0, 0.05) is 6.07 Å². The van der Waals surface area contributed by atoms with Crippen molar-refractivity contribution in [3.05, 3.63) is 52.6 Å². The summed E-state index contributed by atoms with van der Waals surface area (Å²) in [6, 6.07) is 8.35. The molecule has 3 rings (SSSR count). The van der Waals surface area contributed by atoms with E-state index in [0.29, 0.717) is 22.7 Å². The number of rotatable bonds is 1. The molecule has 2 N–H and O–H groups in total. The van der Waals surface area contributed by atoms with E-state index < -0.39 is 11.6 Å². The smallest absolute Gasteiger partial charge is 0.206 e. The molecule has 0 aliphatic heterocycles. The molecule has 0 bridgehead atoms. The van der Waals surface area contributed by atoms with Gasteiger partial charge in [0.15, 0.2) is 5.82 Å². The lowest BCUT2D eigenvalue weighted by Crippen LogP contribution is -2.04. The van der Waals surface area contributed by atoms with Gasteiger partial charge in [-0.05, 0) is 24.3 Å². The third kappa shape index (κ3) is 2.08. The standard InChI is InChI=1S/C14H7ClF2N4/c15-9-4-8(16)5-10(17)13(9)21-12-3-7(6-18)1-2-11(12)20-14(21)19/h1-5H,(H2,19,20). The Bertz CT molecular complexity index is 888. The molecule has 0 saturated carbocycles. The maximum absolute atomic E-state index is 14.1. The Morgan fingerprint density at radius 1 is 1.24 bits per heavy atom. The third-order valence-electron chi connectivity index (χ3n) is 3.01. The first kappa shape index (κ1) is 13.3. The van der Waals surface area contributed by atoms with Crippen LogP contribution in [0, 0.1) is 23.0 Å². The summed E-state index contributed by atoms with van der Waals surface area (Å²) in [4.78, 5) is 4.08. The van der Waals surface area contributed by atoms with Gasteiger partial charge in [-0.3, -0.25) is 4.57 Å². The SMILES string of the molecule is N#Cc1ccc2nc(N)n(-c3c(F)cc(F)cc3Cl)c2c1. The number of anilines is 1. The number of fused-ring (bicyclic) bond motifs is 1. The minimum absolute atomic E-state index is 0.00695. The summed E-state index contributed by atoms with van der Waals surface area (Å²) in [6.45, 7) is 0. The van der Waals surface area contributed by atoms with Crippen LogP contribution in [0.2, 0.25) is 5.02 Å². The molecule has 7 heteroatoms. The topological polar surface area (TPSA) is 67.6 Å². The number of halogens is 3. The summed E-state index contributed by atoms with van der Waals surface area (Å²) in [6.07, 6.45) is 0. The van der Waals surface area contributed by atoms with Crippen LogP contribution in [0.1, 0.15) is 5.56 Å². The predicted molar refractivity (Wildman–Crippen MR) is 75.1 cm³/mol. The number of hydrogen-bond donors (Lipinski definition) is 1. The number of nitrogen functional groups attached to an aromatic ring is 1. The number of nitrogens with zero attached hydrogens (tertiary/aromatic N) is 3. The highest BCUT2D eigenvalue weighted by atomic mass is 35.5. The number of aromatic nitrogens is 2. The summed E-state index contributed by atoms with van der Waals surface area (Å²) in [5.74, 6) is -1.66. The number of imidazole rings is 1. The molecule has 0 unspecified atom stereocenters. The molecule has 4 nitrogen and oxygen atoms in total. The zero-order chi connectivity index (χ0) is 15.1. The Hall–Kier alpha value is -2.65. The highest BCUT2D eigenvalue weighted by Gasteiger charge is 2.18. The van der Waals surface area contributed by atoms with Crippen molar-refractivity contribution in [3.63, 3.8) is 0 Å². The van der Waals surface area contributed by atoms with Crippen LogP contribution in [0.25, 0.3) is 16.7 Å². The molecule has 0 aliphatic rings. The monoisotopic (exact) mass is 304 g/mol. The number of hydrogen-bond acceptors (Lipinski definition) is 3. The van der Waals surface area contributed by atoms with Crippen LogP contribution in [-0.2, 0) is 0 Å². The van der Waals surface area contributed by atoms with Crippen LogP contribution in [-0.4, -0.2) is 9.55 Å². The lowest BCUT2D eigenvalue weighted by atomic mass is 10.2. The van der Waals surface area contributed by atoms with Crippen LogP contribution in [0.15, 0.2) is 30.3 Å². The molecule has 1 aromatic heterocycles. The number of benzene rings is 2. The van der Waals surface area contributed by atoms with E-state index in [-0.39, 0.29) is 16.7 Å². The van der Waals surface area contributed by atoms with Crippen molar-refractivity contribution in [2.75, 3.05) is 5.73 Å². The highest BCUT2D eigenvalue weighted by Crippen LogP contribution is 2.31. The van der Waals surface area contributed by atoms with E-state index >= 15 is 0 Å². The summed E-state index contributed by atoms with van der Waals surface area (Å²) >= 11 is 5.92. The Kier molecular flexibility index (Phi) is 3.00. The maximum atomic E-state index is 14.1. The van der Waals surface area contributed by atoms with Gasteiger partial charge in [-0.1, -0.05) is 11.6 Å². The van der Waals surface area contributed by atoms with Crippen LogP contribution >= 0.6 is 11.6 Å². The van der Waals surface area contributed by atoms with E-state index in [1.165, 1.54) is 10.6 Å². The summed E-state index contributed by atoms with van der Waals surface area (Å²) in [5.41, 5.74) is 6.96. The maximum Gasteiger partial charge on any atom is 0.206 e. The summed E-state index contributed by atoms with van der Waals surface area (Å²) in [7, 11) is 0. The molecule has 3 aromatic rings. The van der Waals surface area contributed by atoms with Crippen molar-refractivity contribution in [1.82, 2.24) is 9.55 Å². The van der Waals surface area contributed by atoms with E-state index in [4.69, 9.17) is 22.6 Å². The van der Waals surface area contributed by atoms with Gasteiger partial charge in [0.05, 0.1) is 27.7 Å². The van der Waals surface area contributed by atoms with Crippen LogP contribution < -0.4 is 5.73 Å².